The third-order valence-corrected chi connectivity index (χ3v) is 4.48. The van der Waals surface area contributed by atoms with E-state index in [9.17, 15) is 13.2 Å². The molecule has 0 radical (unpaired) electrons. The Balaban J connectivity index is 2.02. The van der Waals surface area contributed by atoms with Crippen molar-refractivity contribution in [2.45, 2.75) is 13.1 Å². The number of halogens is 5. The highest BCUT2D eigenvalue weighted by molar-refractivity contribution is 6.31. The Morgan fingerprint density at radius 2 is 1.31 bits per heavy atom. The maximum atomic E-state index is 13.4. The highest BCUT2D eigenvalue weighted by Gasteiger charge is 2.39. The van der Waals surface area contributed by atoms with Crippen LogP contribution in [0.2, 0.25) is 10.0 Å². The van der Waals surface area contributed by atoms with Crippen LogP contribution in [0.4, 0.5) is 13.2 Å². The van der Waals surface area contributed by atoms with E-state index in [0.717, 1.165) is 0 Å². The van der Waals surface area contributed by atoms with Gasteiger partial charge in [-0.1, -0.05) is 23.2 Å². The number of benzene rings is 2. The Hall–Kier alpha value is -3.05. The van der Waals surface area contributed by atoms with E-state index < -0.39 is 12.0 Å². The zero-order valence-electron chi connectivity index (χ0n) is 14.4. The fourth-order valence-corrected chi connectivity index (χ4v) is 3.14. The summed E-state index contributed by atoms with van der Waals surface area (Å²) in [7, 11) is 0. The predicted molar refractivity (Wildman–Crippen MR) is 97.1 cm³/mol. The van der Waals surface area contributed by atoms with E-state index in [1.807, 2.05) is 0 Å². The Morgan fingerprint density at radius 3 is 1.83 bits per heavy atom. The summed E-state index contributed by atoms with van der Waals surface area (Å²) in [6, 6.07) is 9.16. The summed E-state index contributed by atoms with van der Waals surface area (Å²) in [4.78, 5) is 0. The second kappa shape index (κ2) is 7.08. The van der Waals surface area contributed by atoms with E-state index in [2.05, 4.69) is 31.1 Å². The Morgan fingerprint density at radius 1 is 0.793 bits per heavy atom. The van der Waals surface area contributed by atoms with Gasteiger partial charge in [0.15, 0.2) is 5.82 Å². The average molecular weight is 441 g/mol. The zero-order chi connectivity index (χ0) is 20.8. The molecule has 4 aromatic rings. The third kappa shape index (κ3) is 3.54. The second-order valence-electron chi connectivity index (χ2n) is 5.87. The Kier molecular flexibility index (Phi) is 4.71. The van der Waals surface area contributed by atoms with Crippen LogP contribution in [-0.4, -0.2) is 40.4 Å². The number of nitrogens with zero attached hydrogens (tertiary/aromatic N) is 8. The second-order valence-corrected chi connectivity index (χ2v) is 6.75. The summed E-state index contributed by atoms with van der Waals surface area (Å²) in [6.45, 7) is 1.68. The molecule has 0 aliphatic rings. The van der Waals surface area contributed by atoms with Crippen molar-refractivity contribution in [2.75, 3.05) is 0 Å². The van der Waals surface area contributed by atoms with Gasteiger partial charge in [0.05, 0.1) is 11.4 Å². The number of hydrogen-bond donors (Lipinski definition) is 0. The lowest BCUT2D eigenvalue weighted by atomic mass is 10.0. The third-order valence-electron chi connectivity index (χ3n) is 4.01. The van der Waals surface area contributed by atoms with Crippen molar-refractivity contribution in [2.24, 2.45) is 0 Å². The largest absolute Gasteiger partial charge is 0.453 e. The van der Waals surface area contributed by atoms with Gasteiger partial charge in [-0.25, -0.2) is 0 Å². The summed E-state index contributed by atoms with van der Waals surface area (Å²) < 4.78 is 42.1. The quantitative estimate of drug-likeness (QED) is 0.479. The van der Waals surface area contributed by atoms with Crippen LogP contribution in [0.5, 0.6) is 0 Å². The van der Waals surface area contributed by atoms with Crippen LogP contribution in [-0.2, 0) is 6.18 Å². The normalized spacial score (nSPS) is 11.8. The van der Waals surface area contributed by atoms with E-state index in [4.69, 9.17) is 23.2 Å². The first-order valence-electron chi connectivity index (χ1n) is 7.96. The molecule has 8 nitrogen and oxygen atoms in total. The lowest BCUT2D eigenvalue weighted by Gasteiger charge is -2.16. The molecule has 0 aliphatic carbocycles. The van der Waals surface area contributed by atoms with E-state index in [-0.39, 0.29) is 5.69 Å². The molecule has 0 unspecified atom stereocenters. The van der Waals surface area contributed by atoms with Gasteiger partial charge in [0, 0.05) is 21.2 Å². The number of aryl methyl sites for hydroxylation is 1. The molecule has 0 spiro atoms. The van der Waals surface area contributed by atoms with E-state index in [1.165, 1.54) is 22.9 Å². The number of alkyl halides is 3. The van der Waals surface area contributed by atoms with Crippen LogP contribution in [0.3, 0.4) is 0 Å². The first kappa shape index (κ1) is 19.3. The summed E-state index contributed by atoms with van der Waals surface area (Å²) in [5.41, 5.74) is 1.29. The minimum atomic E-state index is -4.76. The van der Waals surface area contributed by atoms with Gasteiger partial charge in [-0.05, 0) is 64.2 Å². The van der Waals surface area contributed by atoms with Crippen molar-refractivity contribution >= 4 is 23.2 Å². The van der Waals surface area contributed by atoms with Gasteiger partial charge in [0.1, 0.15) is 0 Å². The van der Waals surface area contributed by atoms with Gasteiger partial charge >= 0.3 is 6.18 Å². The topological polar surface area (TPSA) is 87.2 Å². The van der Waals surface area contributed by atoms with Crippen LogP contribution < -0.4 is 0 Å². The fourth-order valence-electron chi connectivity index (χ4n) is 2.80. The van der Waals surface area contributed by atoms with Gasteiger partial charge in [-0.15, -0.1) is 10.2 Å². The van der Waals surface area contributed by atoms with Crippen LogP contribution >= 0.6 is 23.2 Å². The Labute approximate surface area is 170 Å². The molecule has 13 heteroatoms. The summed E-state index contributed by atoms with van der Waals surface area (Å²) in [5, 5.41) is 21.8. The molecule has 148 valence electrons. The smallest absolute Gasteiger partial charge is 0.197 e. The van der Waals surface area contributed by atoms with E-state index in [1.54, 1.807) is 25.1 Å². The van der Waals surface area contributed by atoms with Gasteiger partial charge in [-0.2, -0.15) is 22.5 Å². The van der Waals surface area contributed by atoms with Gasteiger partial charge in [0.2, 0.25) is 0 Å². The fraction of sp³-hybridized carbons (Fsp3) is 0.125. The number of hydrogen-bond acceptors (Lipinski definition) is 6. The highest BCUT2D eigenvalue weighted by Crippen LogP contribution is 2.37. The molecule has 0 bridgehead atoms. The zero-order valence-corrected chi connectivity index (χ0v) is 15.9. The first-order chi connectivity index (χ1) is 13.8. The monoisotopic (exact) mass is 440 g/mol. The van der Waals surface area contributed by atoms with Crippen LogP contribution in [0.1, 0.15) is 11.6 Å². The maximum Gasteiger partial charge on any atom is 0.453 e. The van der Waals surface area contributed by atoms with E-state index >= 15 is 0 Å². The highest BCUT2D eigenvalue weighted by atomic mass is 35.5. The summed E-state index contributed by atoms with van der Waals surface area (Å²) >= 11 is 12.3. The molecule has 4 rings (SSSR count). The molecule has 2 heterocycles. The molecular weight excluding hydrogens is 432 g/mol. The minimum absolute atomic E-state index is 0.0565. The van der Waals surface area contributed by atoms with Gasteiger partial charge < -0.3 is 0 Å². The summed E-state index contributed by atoms with van der Waals surface area (Å²) in [5.74, 6) is -0.807. The average Bonchev–Trinajstić information content (AvgIpc) is 3.30. The molecule has 0 atom stereocenters. The molecule has 0 N–H and O–H groups in total. The predicted octanol–water partition coefficient (Wildman–Crippen LogP) is 3.94. The molecule has 2 aromatic carbocycles. The molecule has 0 amide bonds. The van der Waals surface area contributed by atoms with Crippen molar-refractivity contribution in [3.63, 3.8) is 0 Å². The van der Waals surface area contributed by atoms with Crippen LogP contribution in [0, 0.1) is 6.92 Å². The van der Waals surface area contributed by atoms with Crippen molar-refractivity contribution < 1.29 is 13.2 Å². The van der Waals surface area contributed by atoms with Crippen molar-refractivity contribution in [3.8, 4) is 22.5 Å². The number of aromatic nitrogens is 8. The van der Waals surface area contributed by atoms with Gasteiger partial charge in [0.25, 0.3) is 5.82 Å². The number of tetrazole rings is 2. The maximum absolute atomic E-state index is 13.4. The van der Waals surface area contributed by atoms with Crippen molar-refractivity contribution in [3.05, 3.63) is 58.1 Å². The number of rotatable bonds is 3. The molecule has 0 saturated carbocycles. The first-order valence-corrected chi connectivity index (χ1v) is 8.72. The van der Waals surface area contributed by atoms with Crippen molar-refractivity contribution in [1.82, 2.24) is 40.4 Å². The minimum Gasteiger partial charge on any atom is -0.197 e. The lowest BCUT2D eigenvalue weighted by Crippen LogP contribution is -2.15. The molecule has 0 fully saturated rings. The van der Waals surface area contributed by atoms with E-state index in [0.29, 0.717) is 37.4 Å². The van der Waals surface area contributed by atoms with Gasteiger partial charge in [-0.3, -0.25) is 0 Å². The molecule has 0 aliphatic heterocycles. The molecule has 29 heavy (non-hydrogen) atoms. The lowest BCUT2D eigenvalue weighted by molar-refractivity contribution is -0.146. The van der Waals surface area contributed by atoms with Crippen molar-refractivity contribution in [1.29, 1.82) is 0 Å². The van der Waals surface area contributed by atoms with Crippen LogP contribution in [0.25, 0.3) is 22.5 Å². The van der Waals surface area contributed by atoms with Crippen LogP contribution in [0.15, 0.2) is 36.4 Å². The standard InChI is InChI=1S/C16H9Cl2F3N8/c1-8-22-24-26-28(8)13-4-2-9(17)6-11(13)12-7-10(18)3-5-14(12)29-15(16(19,20)21)23-25-27-29/h2-7H,1H3. The molecule has 0 saturated heterocycles. The molecule has 2 aromatic heterocycles. The summed E-state index contributed by atoms with van der Waals surface area (Å²) in [6.07, 6.45) is -4.76. The SMILES string of the molecule is Cc1nnnn1-c1ccc(Cl)cc1-c1cc(Cl)ccc1-n1nnnc1C(F)(F)F. The Bertz CT molecular complexity index is 1200. The molecular formula is C16H9Cl2F3N8.